The van der Waals surface area contributed by atoms with E-state index in [1.54, 1.807) is 49.6 Å². The van der Waals surface area contributed by atoms with Gasteiger partial charge in [-0.25, -0.2) is 19.4 Å². The van der Waals surface area contributed by atoms with Crippen LogP contribution in [0.4, 0.5) is 16.3 Å². The first-order chi connectivity index (χ1) is 19.6. The summed E-state index contributed by atoms with van der Waals surface area (Å²) in [6.07, 6.45) is 1.38. The molecule has 0 saturated heterocycles. The fraction of sp³-hybridized carbons (Fsp3) is 0.321. The van der Waals surface area contributed by atoms with E-state index in [0.717, 1.165) is 0 Å². The number of aliphatic carboxylic acids is 1. The highest BCUT2D eigenvalue weighted by Gasteiger charge is 2.22. The van der Waals surface area contributed by atoms with E-state index >= 15 is 0 Å². The molecule has 0 fully saturated rings. The van der Waals surface area contributed by atoms with Crippen molar-refractivity contribution in [2.75, 3.05) is 38.1 Å². The van der Waals surface area contributed by atoms with Crippen molar-refractivity contribution >= 4 is 34.4 Å². The highest BCUT2D eigenvalue weighted by atomic mass is 16.5. The zero-order chi connectivity index (χ0) is 29.6. The summed E-state index contributed by atoms with van der Waals surface area (Å²) in [5.41, 5.74) is 1.33. The predicted octanol–water partition coefficient (Wildman–Crippen LogP) is 4.68. The summed E-state index contributed by atoms with van der Waals surface area (Å²) in [5.74, 6) is 0.870. The minimum Gasteiger partial charge on any atom is -0.493 e. The SMILES string of the molecule is COCCOc1cc2ncnc(Oc3cccc(NC(=O)Nc4cc(C(C)(C)C)nn4CC(=O)O)c3)c2cc1OC. The van der Waals surface area contributed by atoms with Crippen LogP contribution in [-0.4, -0.2) is 64.3 Å². The molecule has 13 heteroatoms. The Kier molecular flexibility index (Phi) is 8.87. The molecule has 0 unspecified atom stereocenters. The number of benzene rings is 2. The van der Waals surface area contributed by atoms with Gasteiger partial charge in [-0.05, 0) is 18.2 Å². The van der Waals surface area contributed by atoms with Crippen molar-refractivity contribution in [1.29, 1.82) is 0 Å². The molecule has 3 N–H and O–H groups in total. The van der Waals surface area contributed by atoms with Gasteiger partial charge in [0, 0.05) is 36.4 Å². The molecule has 13 nitrogen and oxygen atoms in total. The number of amides is 2. The highest BCUT2D eigenvalue weighted by Crippen LogP contribution is 2.36. The van der Waals surface area contributed by atoms with Crippen LogP contribution < -0.4 is 24.8 Å². The number of ether oxygens (including phenoxy) is 4. The largest absolute Gasteiger partial charge is 0.493 e. The Bertz CT molecular complexity index is 1550. The number of fused-ring (bicyclic) bond motifs is 1. The molecule has 2 aromatic carbocycles. The lowest BCUT2D eigenvalue weighted by atomic mass is 9.92. The standard InChI is InChI=1S/C28H32N6O7/c1-28(2,3)23-14-24(34(33-23)15-25(35)36)32-27(37)31-17-7-6-8-18(11-17)41-26-19-12-21(39-5)22(40-10-9-38-4)13-20(19)29-16-30-26/h6-8,11-14,16H,9-10,15H2,1-5H3,(H,35,36)(H2,31,32,37). The Morgan fingerprint density at radius 2 is 1.80 bits per heavy atom. The first-order valence-corrected chi connectivity index (χ1v) is 12.7. The Morgan fingerprint density at radius 1 is 1.00 bits per heavy atom. The average Bonchev–Trinajstić information content (AvgIpc) is 3.30. The maximum Gasteiger partial charge on any atom is 0.325 e. The number of hydrogen-bond acceptors (Lipinski definition) is 9. The molecular formula is C28H32N6O7. The summed E-state index contributed by atoms with van der Waals surface area (Å²) >= 11 is 0. The summed E-state index contributed by atoms with van der Waals surface area (Å²) in [4.78, 5) is 32.7. The quantitative estimate of drug-likeness (QED) is 0.218. The van der Waals surface area contributed by atoms with Crippen LogP contribution in [0.25, 0.3) is 10.9 Å². The summed E-state index contributed by atoms with van der Waals surface area (Å²) < 4.78 is 23.6. The first kappa shape index (κ1) is 29.1. The predicted molar refractivity (Wildman–Crippen MR) is 151 cm³/mol. The minimum atomic E-state index is -1.08. The fourth-order valence-electron chi connectivity index (χ4n) is 3.79. The summed E-state index contributed by atoms with van der Waals surface area (Å²) in [5, 5.41) is 19.6. The summed E-state index contributed by atoms with van der Waals surface area (Å²) in [6.45, 7) is 6.21. The molecule has 0 bridgehead atoms. The van der Waals surface area contributed by atoms with Crippen molar-refractivity contribution < 1.29 is 33.6 Å². The maximum atomic E-state index is 12.8. The normalized spacial score (nSPS) is 11.2. The molecule has 0 aliphatic heterocycles. The van der Waals surface area contributed by atoms with Gasteiger partial charge in [-0.3, -0.25) is 10.1 Å². The van der Waals surface area contributed by atoms with E-state index in [-0.39, 0.29) is 17.1 Å². The lowest BCUT2D eigenvalue weighted by Gasteiger charge is -2.14. The number of carboxylic acids is 1. The summed E-state index contributed by atoms with van der Waals surface area (Å²) in [6, 6.07) is 11.3. The zero-order valence-corrected chi connectivity index (χ0v) is 23.4. The second-order valence-electron chi connectivity index (χ2n) is 9.97. The van der Waals surface area contributed by atoms with Gasteiger partial charge in [0.15, 0.2) is 11.5 Å². The molecule has 2 heterocycles. The average molecular weight is 565 g/mol. The van der Waals surface area contributed by atoms with Gasteiger partial charge < -0.3 is 29.4 Å². The molecule has 4 rings (SSSR count). The van der Waals surface area contributed by atoms with Crippen LogP contribution >= 0.6 is 0 Å². The van der Waals surface area contributed by atoms with Crippen LogP contribution in [0.1, 0.15) is 26.5 Å². The van der Waals surface area contributed by atoms with Gasteiger partial charge in [-0.2, -0.15) is 5.10 Å². The van der Waals surface area contributed by atoms with E-state index < -0.39 is 18.5 Å². The number of carbonyl (C=O) groups is 2. The number of carbonyl (C=O) groups excluding carboxylic acids is 1. The topological polar surface area (TPSA) is 159 Å². The van der Waals surface area contributed by atoms with Crippen molar-refractivity contribution in [1.82, 2.24) is 19.7 Å². The zero-order valence-electron chi connectivity index (χ0n) is 23.4. The van der Waals surface area contributed by atoms with Crippen molar-refractivity contribution in [3.8, 4) is 23.1 Å². The van der Waals surface area contributed by atoms with Crippen molar-refractivity contribution in [2.24, 2.45) is 0 Å². The van der Waals surface area contributed by atoms with E-state index in [2.05, 4.69) is 25.7 Å². The Balaban J connectivity index is 1.51. The van der Waals surface area contributed by atoms with Crippen molar-refractivity contribution in [3.05, 3.63) is 54.5 Å². The molecule has 0 aliphatic carbocycles. The third kappa shape index (κ3) is 7.39. The third-order valence-corrected chi connectivity index (χ3v) is 5.81. The second-order valence-corrected chi connectivity index (χ2v) is 9.97. The number of methoxy groups -OCH3 is 2. The first-order valence-electron chi connectivity index (χ1n) is 12.7. The number of aromatic nitrogens is 4. The lowest BCUT2D eigenvalue weighted by Crippen LogP contribution is -2.22. The fourth-order valence-corrected chi connectivity index (χ4v) is 3.79. The second kappa shape index (κ2) is 12.5. The molecular weight excluding hydrogens is 532 g/mol. The van der Waals surface area contributed by atoms with E-state index in [1.807, 2.05) is 20.8 Å². The van der Waals surface area contributed by atoms with E-state index in [1.165, 1.54) is 18.1 Å². The van der Waals surface area contributed by atoms with Gasteiger partial charge in [0.25, 0.3) is 0 Å². The number of urea groups is 1. The molecule has 0 radical (unpaired) electrons. The Labute approximate surface area is 236 Å². The van der Waals surface area contributed by atoms with Crippen LogP contribution in [0.2, 0.25) is 0 Å². The Morgan fingerprint density at radius 3 is 2.51 bits per heavy atom. The number of carboxylic acid groups (broad SMARTS) is 1. The van der Waals surface area contributed by atoms with Crippen LogP contribution in [-0.2, 0) is 21.5 Å². The minimum absolute atomic E-state index is 0.259. The Hall–Kier alpha value is -4.91. The monoisotopic (exact) mass is 564 g/mol. The van der Waals surface area contributed by atoms with E-state index in [9.17, 15) is 14.7 Å². The van der Waals surface area contributed by atoms with Gasteiger partial charge in [0.2, 0.25) is 5.88 Å². The molecule has 2 aromatic heterocycles. The molecule has 216 valence electrons. The van der Waals surface area contributed by atoms with Gasteiger partial charge in [-0.1, -0.05) is 26.8 Å². The molecule has 2 amide bonds. The van der Waals surface area contributed by atoms with Gasteiger partial charge in [0.1, 0.15) is 31.0 Å². The van der Waals surface area contributed by atoms with Crippen molar-refractivity contribution in [2.45, 2.75) is 32.7 Å². The maximum absolute atomic E-state index is 12.8. The molecule has 0 saturated carbocycles. The summed E-state index contributed by atoms with van der Waals surface area (Å²) in [7, 11) is 3.13. The van der Waals surface area contributed by atoms with E-state index in [0.29, 0.717) is 52.7 Å². The number of rotatable bonds is 11. The number of nitrogens with one attached hydrogen (secondary N) is 2. The molecule has 0 spiro atoms. The molecule has 0 atom stereocenters. The van der Waals surface area contributed by atoms with Gasteiger partial charge >= 0.3 is 12.0 Å². The van der Waals surface area contributed by atoms with Crippen LogP contribution in [0.3, 0.4) is 0 Å². The van der Waals surface area contributed by atoms with Crippen LogP contribution in [0, 0.1) is 0 Å². The lowest BCUT2D eigenvalue weighted by molar-refractivity contribution is -0.137. The van der Waals surface area contributed by atoms with Crippen LogP contribution in [0.15, 0.2) is 48.8 Å². The number of hydrogen-bond donors (Lipinski definition) is 3. The molecule has 41 heavy (non-hydrogen) atoms. The van der Waals surface area contributed by atoms with Crippen LogP contribution in [0.5, 0.6) is 23.1 Å². The number of nitrogens with zero attached hydrogens (tertiary/aromatic N) is 4. The van der Waals surface area contributed by atoms with E-state index in [4.69, 9.17) is 18.9 Å². The smallest absolute Gasteiger partial charge is 0.325 e. The molecule has 4 aromatic rings. The highest BCUT2D eigenvalue weighted by molar-refractivity contribution is 5.99. The number of anilines is 2. The van der Waals surface area contributed by atoms with Crippen molar-refractivity contribution in [3.63, 3.8) is 0 Å². The molecule has 0 aliphatic rings. The third-order valence-electron chi connectivity index (χ3n) is 5.81. The van der Waals surface area contributed by atoms with Gasteiger partial charge in [0.05, 0.1) is 30.3 Å². The van der Waals surface area contributed by atoms with Gasteiger partial charge in [-0.15, -0.1) is 0 Å².